The van der Waals surface area contributed by atoms with Crippen LogP contribution >= 0.6 is 0 Å². The normalized spacial score (nSPS) is 17.0. The molecule has 0 spiro atoms. The van der Waals surface area contributed by atoms with E-state index in [4.69, 9.17) is 4.42 Å². The zero-order valence-corrected chi connectivity index (χ0v) is 15.2. The van der Waals surface area contributed by atoms with Gasteiger partial charge in [0.05, 0.1) is 0 Å². The van der Waals surface area contributed by atoms with Gasteiger partial charge in [-0.1, -0.05) is 30.3 Å². The summed E-state index contributed by atoms with van der Waals surface area (Å²) in [6, 6.07) is 12.1. The van der Waals surface area contributed by atoms with Crippen molar-refractivity contribution in [2.24, 2.45) is 0 Å². The van der Waals surface area contributed by atoms with Gasteiger partial charge in [0.25, 0.3) is 5.91 Å². The maximum Gasteiger partial charge on any atom is 0.349 e. The summed E-state index contributed by atoms with van der Waals surface area (Å²) in [6.07, 6.45) is 4.46. The van der Waals surface area contributed by atoms with Crippen LogP contribution in [0.3, 0.4) is 0 Å². The predicted molar refractivity (Wildman–Crippen MR) is 102 cm³/mol. The van der Waals surface area contributed by atoms with Gasteiger partial charge in [0.2, 0.25) is 0 Å². The standard InChI is InChI=1S/C21H26N2O3/c1-15-13-18(11-5-9-16-7-3-2-4-8-16)26-21(25)19(15)20(24)23-17-10-6-12-22-14-17/h2-4,7-8,13,17,22H,5-6,9-12,14H2,1H3,(H,23,24). The van der Waals surface area contributed by atoms with E-state index < -0.39 is 5.63 Å². The van der Waals surface area contributed by atoms with Crippen molar-refractivity contribution in [3.8, 4) is 0 Å². The number of aryl methyl sites for hydroxylation is 3. The van der Waals surface area contributed by atoms with E-state index in [0.29, 0.717) is 17.7 Å². The van der Waals surface area contributed by atoms with Gasteiger partial charge in [0.1, 0.15) is 11.3 Å². The van der Waals surface area contributed by atoms with E-state index >= 15 is 0 Å². The summed E-state index contributed by atoms with van der Waals surface area (Å²) in [5, 5.41) is 6.19. The van der Waals surface area contributed by atoms with Crippen LogP contribution in [0.2, 0.25) is 0 Å². The average Bonchev–Trinajstić information content (AvgIpc) is 2.63. The zero-order valence-electron chi connectivity index (χ0n) is 15.2. The van der Waals surface area contributed by atoms with Gasteiger partial charge in [-0.05, 0) is 56.3 Å². The summed E-state index contributed by atoms with van der Waals surface area (Å²) >= 11 is 0. The van der Waals surface area contributed by atoms with Crippen molar-refractivity contribution in [1.82, 2.24) is 10.6 Å². The minimum absolute atomic E-state index is 0.0700. The molecule has 1 atom stereocenters. The fourth-order valence-corrected chi connectivity index (χ4v) is 3.41. The summed E-state index contributed by atoms with van der Waals surface area (Å²) in [7, 11) is 0. The van der Waals surface area contributed by atoms with Crippen molar-refractivity contribution >= 4 is 5.91 Å². The van der Waals surface area contributed by atoms with Crippen molar-refractivity contribution in [2.45, 2.75) is 45.1 Å². The maximum atomic E-state index is 12.5. The molecule has 0 aliphatic carbocycles. The van der Waals surface area contributed by atoms with Gasteiger partial charge in [0.15, 0.2) is 0 Å². The molecule has 26 heavy (non-hydrogen) atoms. The number of hydrogen-bond acceptors (Lipinski definition) is 4. The van der Waals surface area contributed by atoms with Crippen LogP contribution in [0, 0.1) is 6.92 Å². The summed E-state index contributed by atoms with van der Waals surface area (Å²) in [4.78, 5) is 24.8. The maximum absolute atomic E-state index is 12.5. The molecule has 1 aromatic carbocycles. The Hall–Kier alpha value is -2.40. The highest BCUT2D eigenvalue weighted by Crippen LogP contribution is 2.12. The van der Waals surface area contributed by atoms with Gasteiger partial charge < -0.3 is 15.1 Å². The Kier molecular flexibility index (Phi) is 6.23. The number of carbonyl (C=O) groups is 1. The number of nitrogens with one attached hydrogen (secondary N) is 2. The van der Waals surface area contributed by atoms with Crippen LogP contribution in [0.5, 0.6) is 0 Å². The van der Waals surface area contributed by atoms with E-state index in [1.807, 2.05) is 24.3 Å². The van der Waals surface area contributed by atoms with Gasteiger partial charge in [-0.2, -0.15) is 0 Å². The highest BCUT2D eigenvalue weighted by Gasteiger charge is 2.21. The van der Waals surface area contributed by atoms with Crippen molar-refractivity contribution in [3.05, 3.63) is 69.3 Å². The second-order valence-corrected chi connectivity index (χ2v) is 6.91. The summed E-state index contributed by atoms with van der Waals surface area (Å²) in [5.41, 5.74) is 1.53. The lowest BCUT2D eigenvalue weighted by Crippen LogP contribution is -2.46. The van der Waals surface area contributed by atoms with Crippen LogP contribution in [0.15, 0.2) is 45.6 Å². The molecule has 138 valence electrons. The molecule has 1 amide bonds. The number of rotatable bonds is 6. The first-order valence-corrected chi connectivity index (χ1v) is 9.32. The largest absolute Gasteiger partial charge is 0.427 e. The Bertz CT molecular complexity index is 793. The molecule has 0 radical (unpaired) electrons. The molecular formula is C21H26N2O3. The number of piperidine rings is 1. The molecule has 5 nitrogen and oxygen atoms in total. The average molecular weight is 354 g/mol. The summed E-state index contributed by atoms with van der Waals surface area (Å²) < 4.78 is 5.41. The molecule has 5 heteroatoms. The topological polar surface area (TPSA) is 71.3 Å². The third kappa shape index (κ3) is 4.82. The first kappa shape index (κ1) is 18.4. The molecular weight excluding hydrogens is 328 g/mol. The second kappa shape index (κ2) is 8.81. The molecule has 1 aliphatic heterocycles. The van der Waals surface area contributed by atoms with Crippen molar-refractivity contribution in [1.29, 1.82) is 0 Å². The molecule has 1 fully saturated rings. The molecule has 1 aliphatic rings. The van der Waals surface area contributed by atoms with E-state index in [2.05, 4.69) is 22.8 Å². The van der Waals surface area contributed by atoms with E-state index in [0.717, 1.165) is 38.8 Å². The van der Waals surface area contributed by atoms with Gasteiger partial charge >= 0.3 is 5.63 Å². The fraction of sp³-hybridized carbons (Fsp3) is 0.429. The molecule has 0 bridgehead atoms. The Morgan fingerprint density at radius 2 is 2.08 bits per heavy atom. The minimum atomic E-state index is -0.541. The Labute approximate surface area is 153 Å². The van der Waals surface area contributed by atoms with Crippen LogP contribution in [-0.2, 0) is 12.8 Å². The van der Waals surface area contributed by atoms with Crippen LogP contribution < -0.4 is 16.3 Å². The van der Waals surface area contributed by atoms with Crippen molar-refractivity contribution in [2.75, 3.05) is 13.1 Å². The Morgan fingerprint density at radius 1 is 1.27 bits per heavy atom. The lowest BCUT2D eigenvalue weighted by molar-refractivity contribution is 0.0925. The molecule has 2 N–H and O–H groups in total. The van der Waals surface area contributed by atoms with E-state index in [1.165, 1.54) is 5.56 Å². The van der Waals surface area contributed by atoms with Crippen LogP contribution in [0.25, 0.3) is 0 Å². The number of hydrogen-bond donors (Lipinski definition) is 2. The smallest absolute Gasteiger partial charge is 0.349 e. The number of carbonyl (C=O) groups excluding carboxylic acids is 1. The lowest BCUT2D eigenvalue weighted by atomic mass is 10.0. The molecule has 0 saturated carbocycles. The summed E-state index contributed by atoms with van der Waals surface area (Å²) in [5.74, 6) is 0.306. The van der Waals surface area contributed by atoms with Crippen molar-refractivity contribution < 1.29 is 9.21 Å². The first-order valence-electron chi connectivity index (χ1n) is 9.32. The first-order chi connectivity index (χ1) is 12.6. The molecule has 1 saturated heterocycles. The highest BCUT2D eigenvalue weighted by molar-refractivity contribution is 5.95. The minimum Gasteiger partial charge on any atom is -0.427 e. The summed E-state index contributed by atoms with van der Waals surface area (Å²) in [6.45, 7) is 3.52. The molecule has 3 rings (SSSR count). The van der Waals surface area contributed by atoms with Gasteiger partial charge in [0, 0.05) is 19.0 Å². The van der Waals surface area contributed by atoms with Gasteiger partial charge in [-0.3, -0.25) is 4.79 Å². The SMILES string of the molecule is Cc1cc(CCCc2ccccc2)oc(=O)c1C(=O)NC1CCCNC1. The second-order valence-electron chi connectivity index (χ2n) is 6.91. The van der Waals surface area contributed by atoms with E-state index in [-0.39, 0.29) is 17.5 Å². The van der Waals surface area contributed by atoms with E-state index in [9.17, 15) is 9.59 Å². The quantitative estimate of drug-likeness (QED) is 0.836. The van der Waals surface area contributed by atoms with Gasteiger partial charge in [-0.15, -0.1) is 0 Å². The predicted octanol–water partition coefficient (Wildman–Crippen LogP) is 2.61. The molecule has 2 heterocycles. The van der Waals surface area contributed by atoms with Gasteiger partial charge in [-0.25, -0.2) is 4.79 Å². The molecule has 1 aromatic heterocycles. The number of benzene rings is 1. The third-order valence-electron chi connectivity index (χ3n) is 4.79. The highest BCUT2D eigenvalue weighted by atomic mass is 16.4. The third-order valence-corrected chi connectivity index (χ3v) is 4.79. The molecule has 2 aromatic rings. The fourth-order valence-electron chi connectivity index (χ4n) is 3.41. The number of amides is 1. The van der Waals surface area contributed by atoms with Crippen LogP contribution in [0.1, 0.15) is 46.5 Å². The van der Waals surface area contributed by atoms with Crippen molar-refractivity contribution in [3.63, 3.8) is 0 Å². The molecule has 1 unspecified atom stereocenters. The Morgan fingerprint density at radius 3 is 2.77 bits per heavy atom. The monoisotopic (exact) mass is 354 g/mol. The van der Waals surface area contributed by atoms with Crippen LogP contribution in [-0.4, -0.2) is 25.0 Å². The zero-order chi connectivity index (χ0) is 18.4. The lowest BCUT2D eigenvalue weighted by Gasteiger charge is -2.23. The van der Waals surface area contributed by atoms with Crippen LogP contribution in [0.4, 0.5) is 0 Å². The van der Waals surface area contributed by atoms with E-state index in [1.54, 1.807) is 6.92 Å². The Balaban J connectivity index is 1.62.